The van der Waals surface area contributed by atoms with Crippen molar-refractivity contribution in [3.63, 3.8) is 0 Å². The molecule has 0 bridgehead atoms. The van der Waals surface area contributed by atoms with Gasteiger partial charge in [-0.25, -0.2) is 4.90 Å². The first-order valence-electron chi connectivity index (χ1n) is 7.09. The summed E-state index contributed by atoms with van der Waals surface area (Å²) < 4.78 is 5.94. The zero-order valence-electron chi connectivity index (χ0n) is 11.9. The molecule has 116 valence electrons. The lowest BCUT2D eigenvalue weighted by atomic mass is 10.2. The van der Waals surface area contributed by atoms with Crippen molar-refractivity contribution >= 4 is 40.3 Å². The molecule has 0 unspecified atom stereocenters. The van der Waals surface area contributed by atoms with Gasteiger partial charge < -0.3 is 14.7 Å². The Morgan fingerprint density at radius 3 is 2.68 bits per heavy atom. The molecule has 0 aliphatic carbocycles. The summed E-state index contributed by atoms with van der Waals surface area (Å²) in [7, 11) is 0. The number of phenolic OH excluding ortho intramolecular Hbond substituents is 1. The highest BCUT2D eigenvalue weighted by Gasteiger charge is 2.34. The van der Waals surface area contributed by atoms with E-state index < -0.39 is 0 Å². The number of rotatable bonds is 3. The Labute approximate surface area is 138 Å². The number of nitrogens with one attached hydrogen (secondary N) is 1. The third-order valence-corrected chi connectivity index (χ3v) is 5.02. The maximum atomic E-state index is 12.5. The van der Waals surface area contributed by atoms with E-state index in [-0.39, 0.29) is 11.7 Å². The SMILES string of the molecule is O=C1/C(=C\c2ccc(O)cc2)SC(=S)N1C[NH+]1CCOCC1. The minimum Gasteiger partial charge on any atom is -0.508 e. The molecule has 2 aliphatic rings. The van der Waals surface area contributed by atoms with E-state index in [1.165, 1.54) is 16.7 Å². The van der Waals surface area contributed by atoms with Crippen LogP contribution in [0.2, 0.25) is 0 Å². The number of aromatic hydroxyl groups is 1. The molecule has 2 aliphatic heterocycles. The highest BCUT2D eigenvalue weighted by atomic mass is 32.2. The molecule has 1 aromatic carbocycles. The topological polar surface area (TPSA) is 54.2 Å². The zero-order valence-corrected chi connectivity index (χ0v) is 13.6. The van der Waals surface area contributed by atoms with E-state index in [1.54, 1.807) is 29.2 Å². The second kappa shape index (κ2) is 6.78. The van der Waals surface area contributed by atoms with E-state index in [9.17, 15) is 9.90 Å². The molecule has 2 heterocycles. The molecule has 0 radical (unpaired) electrons. The minimum absolute atomic E-state index is 0.0398. The van der Waals surface area contributed by atoms with E-state index in [0.717, 1.165) is 31.9 Å². The fourth-order valence-electron chi connectivity index (χ4n) is 2.40. The van der Waals surface area contributed by atoms with Crippen LogP contribution in [0.15, 0.2) is 29.2 Å². The maximum absolute atomic E-state index is 12.5. The Balaban J connectivity index is 1.71. The molecule has 3 rings (SSSR count). The summed E-state index contributed by atoms with van der Waals surface area (Å²) in [6.07, 6.45) is 1.81. The summed E-state index contributed by atoms with van der Waals surface area (Å²) in [5.74, 6) is 0.169. The fourth-order valence-corrected chi connectivity index (χ4v) is 3.66. The number of nitrogens with zero attached hydrogens (tertiary/aromatic N) is 1. The van der Waals surface area contributed by atoms with Crippen LogP contribution < -0.4 is 4.90 Å². The molecule has 0 atom stereocenters. The molecule has 0 saturated carbocycles. The molecule has 2 saturated heterocycles. The Kier molecular flexibility index (Phi) is 4.77. The molecule has 0 aromatic heterocycles. The fraction of sp³-hybridized carbons (Fsp3) is 0.333. The smallest absolute Gasteiger partial charge is 0.270 e. The number of hydrogen-bond donors (Lipinski definition) is 2. The molecule has 7 heteroatoms. The first-order valence-corrected chi connectivity index (χ1v) is 8.32. The summed E-state index contributed by atoms with van der Waals surface area (Å²) in [6.45, 7) is 3.85. The molecule has 2 N–H and O–H groups in total. The lowest BCUT2D eigenvalue weighted by molar-refractivity contribution is -0.914. The number of morpholine rings is 1. The molecule has 0 spiro atoms. The van der Waals surface area contributed by atoms with E-state index in [1.807, 2.05) is 6.08 Å². The molecule has 5 nitrogen and oxygen atoms in total. The number of ether oxygens (including phenoxy) is 1. The Morgan fingerprint density at radius 1 is 1.32 bits per heavy atom. The van der Waals surface area contributed by atoms with Crippen molar-refractivity contribution < 1.29 is 19.5 Å². The van der Waals surface area contributed by atoms with Gasteiger partial charge in [0, 0.05) is 0 Å². The summed E-state index contributed by atoms with van der Waals surface area (Å²) in [5.41, 5.74) is 0.872. The number of carbonyl (C=O) groups is 1. The molecule has 2 fully saturated rings. The highest BCUT2D eigenvalue weighted by molar-refractivity contribution is 8.26. The van der Waals surface area contributed by atoms with Crippen molar-refractivity contribution in [3.05, 3.63) is 34.7 Å². The quantitative estimate of drug-likeness (QED) is 0.620. The third-order valence-electron chi connectivity index (χ3n) is 3.65. The number of hydrogen-bond acceptors (Lipinski definition) is 5. The van der Waals surface area contributed by atoms with Crippen molar-refractivity contribution in [1.29, 1.82) is 0 Å². The highest BCUT2D eigenvalue weighted by Crippen LogP contribution is 2.32. The van der Waals surface area contributed by atoms with Crippen LogP contribution >= 0.6 is 24.0 Å². The number of amides is 1. The summed E-state index contributed by atoms with van der Waals surface area (Å²) in [6, 6.07) is 6.75. The summed E-state index contributed by atoms with van der Waals surface area (Å²) in [4.78, 5) is 16.1. The van der Waals surface area contributed by atoms with E-state index in [2.05, 4.69) is 0 Å². The number of thiocarbonyl (C=S) groups is 1. The zero-order chi connectivity index (χ0) is 15.5. The van der Waals surface area contributed by atoms with Crippen molar-refractivity contribution in [3.8, 4) is 5.75 Å². The second-order valence-corrected chi connectivity index (χ2v) is 6.90. The predicted octanol–water partition coefficient (Wildman–Crippen LogP) is 0.466. The van der Waals surface area contributed by atoms with Gasteiger partial charge >= 0.3 is 0 Å². The Hall–Kier alpha value is -1.41. The first-order chi connectivity index (χ1) is 10.6. The van der Waals surface area contributed by atoms with Gasteiger partial charge in [-0.05, 0) is 23.8 Å². The Morgan fingerprint density at radius 2 is 2.00 bits per heavy atom. The largest absolute Gasteiger partial charge is 0.508 e. The monoisotopic (exact) mass is 337 g/mol. The predicted molar refractivity (Wildman–Crippen MR) is 89.5 cm³/mol. The molecular formula is C15H17N2O3S2+. The Bertz CT molecular complexity index is 610. The van der Waals surface area contributed by atoms with E-state index >= 15 is 0 Å². The van der Waals surface area contributed by atoms with Crippen LogP contribution in [0.5, 0.6) is 5.75 Å². The number of carbonyl (C=O) groups excluding carboxylic acids is 1. The first kappa shape index (κ1) is 15.5. The van der Waals surface area contributed by atoms with Crippen LogP contribution in [0.1, 0.15) is 5.56 Å². The van der Waals surface area contributed by atoms with Gasteiger partial charge in [0.05, 0.1) is 18.1 Å². The lowest BCUT2D eigenvalue weighted by Gasteiger charge is -2.27. The van der Waals surface area contributed by atoms with Crippen molar-refractivity contribution in [2.75, 3.05) is 33.0 Å². The lowest BCUT2D eigenvalue weighted by Crippen LogP contribution is -3.15. The van der Waals surface area contributed by atoms with Crippen LogP contribution in [0.4, 0.5) is 0 Å². The van der Waals surface area contributed by atoms with Crippen LogP contribution in [-0.2, 0) is 9.53 Å². The average molecular weight is 337 g/mol. The van der Waals surface area contributed by atoms with Gasteiger partial charge in [0.1, 0.15) is 18.8 Å². The standard InChI is InChI=1S/C15H16N2O3S2/c18-12-3-1-11(2-4-12)9-13-14(19)17(15(21)22-13)10-16-5-7-20-8-6-16/h1-4,9,18H,5-8,10H2/p+1/b13-9+. The van der Waals surface area contributed by atoms with Crippen LogP contribution in [0.3, 0.4) is 0 Å². The van der Waals surface area contributed by atoms with Crippen molar-refractivity contribution in [1.82, 2.24) is 4.90 Å². The van der Waals surface area contributed by atoms with Gasteiger partial charge in [-0.1, -0.05) is 36.1 Å². The molecular weight excluding hydrogens is 320 g/mol. The van der Waals surface area contributed by atoms with Crippen molar-refractivity contribution in [2.24, 2.45) is 0 Å². The van der Waals surface area contributed by atoms with Gasteiger partial charge in [-0.15, -0.1) is 0 Å². The number of phenols is 1. The van der Waals surface area contributed by atoms with Crippen LogP contribution in [0, 0.1) is 0 Å². The van der Waals surface area contributed by atoms with E-state index in [0.29, 0.717) is 15.9 Å². The van der Waals surface area contributed by atoms with E-state index in [4.69, 9.17) is 17.0 Å². The minimum atomic E-state index is -0.0398. The normalized spacial score (nSPS) is 21.8. The third kappa shape index (κ3) is 3.49. The number of quaternary nitrogens is 1. The van der Waals surface area contributed by atoms with Crippen LogP contribution in [0.25, 0.3) is 6.08 Å². The second-order valence-electron chi connectivity index (χ2n) is 5.22. The number of thioether (sulfide) groups is 1. The average Bonchev–Trinajstić information content (AvgIpc) is 2.78. The molecule has 1 amide bonds. The van der Waals surface area contributed by atoms with Crippen LogP contribution in [-0.4, -0.2) is 53.2 Å². The van der Waals surface area contributed by atoms with Gasteiger partial charge in [0.25, 0.3) is 5.91 Å². The maximum Gasteiger partial charge on any atom is 0.270 e. The molecule has 1 aromatic rings. The summed E-state index contributed by atoms with van der Waals surface area (Å²) >= 11 is 6.67. The van der Waals surface area contributed by atoms with Gasteiger partial charge in [0.2, 0.25) is 0 Å². The van der Waals surface area contributed by atoms with Gasteiger partial charge in [-0.3, -0.25) is 4.79 Å². The summed E-state index contributed by atoms with van der Waals surface area (Å²) in [5, 5.41) is 9.30. The van der Waals surface area contributed by atoms with Gasteiger partial charge in [0.15, 0.2) is 11.0 Å². The van der Waals surface area contributed by atoms with Gasteiger partial charge in [-0.2, -0.15) is 0 Å². The molecule has 22 heavy (non-hydrogen) atoms. The van der Waals surface area contributed by atoms with Crippen molar-refractivity contribution in [2.45, 2.75) is 0 Å². The number of benzene rings is 1.